The van der Waals surface area contributed by atoms with Gasteiger partial charge in [0.2, 0.25) is 0 Å². The van der Waals surface area contributed by atoms with Crippen LogP contribution in [0.15, 0.2) is 0 Å². The van der Waals surface area contributed by atoms with E-state index in [1.165, 1.54) is 6.92 Å². The molecule has 1 N–H and O–H groups in total. The Balaban J connectivity index is 2.52. The van der Waals surface area contributed by atoms with E-state index in [1.54, 1.807) is 4.90 Å². The fourth-order valence-corrected chi connectivity index (χ4v) is 1.58. The lowest BCUT2D eigenvalue weighted by atomic mass is 10.2. The molecule has 0 bridgehead atoms. The molecule has 12 heavy (non-hydrogen) atoms. The summed E-state index contributed by atoms with van der Waals surface area (Å²) in [6, 6.07) is -0.436. The molecule has 0 spiro atoms. The van der Waals surface area contributed by atoms with Crippen LogP contribution in [0, 0.1) is 0 Å². The molecular formula is C8H13NO3. The molecule has 1 aliphatic heterocycles. The average molecular weight is 171 g/mol. The zero-order valence-electron chi connectivity index (χ0n) is 7.12. The number of carboxylic acid groups (broad SMARTS) is 1. The molecule has 0 aliphatic carbocycles. The van der Waals surface area contributed by atoms with Gasteiger partial charge in [-0.25, -0.2) is 0 Å². The topological polar surface area (TPSA) is 57.6 Å². The molecule has 1 unspecified atom stereocenters. The number of hydrogen-bond donors (Lipinski definition) is 1. The molecule has 0 radical (unpaired) electrons. The van der Waals surface area contributed by atoms with Gasteiger partial charge in [-0.1, -0.05) is 0 Å². The fourth-order valence-electron chi connectivity index (χ4n) is 1.58. The second-order valence-corrected chi connectivity index (χ2v) is 3.17. The Morgan fingerprint density at radius 3 is 2.75 bits per heavy atom. The number of likely N-dealkylation sites (tertiary alicyclic amines) is 1. The van der Waals surface area contributed by atoms with Gasteiger partial charge in [-0.3, -0.25) is 14.5 Å². The first-order valence-corrected chi connectivity index (χ1v) is 4.07. The highest BCUT2D eigenvalue weighted by Crippen LogP contribution is 2.16. The highest BCUT2D eigenvalue weighted by atomic mass is 16.4. The van der Waals surface area contributed by atoms with Crippen LogP contribution in [-0.2, 0) is 9.59 Å². The summed E-state index contributed by atoms with van der Waals surface area (Å²) in [5.74, 6) is -0.781. The Labute approximate surface area is 71.2 Å². The molecule has 1 heterocycles. The number of carbonyl (C=O) groups is 2. The third kappa shape index (κ3) is 2.04. The minimum atomic E-state index is -0.811. The second kappa shape index (κ2) is 3.67. The number of carbonyl (C=O) groups excluding carboxylic acids is 1. The van der Waals surface area contributed by atoms with Crippen LogP contribution in [0.4, 0.5) is 0 Å². The van der Waals surface area contributed by atoms with Crippen molar-refractivity contribution in [2.45, 2.75) is 25.8 Å². The van der Waals surface area contributed by atoms with Crippen LogP contribution < -0.4 is 0 Å². The fraction of sp³-hybridized carbons (Fsp3) is 0.750. The smallest absolute Gasteiger partial charge is 0.320 e. The van der Waals surface area contributed by atoms with Gasteiger partial charge in [0, 0.05) is 0 Å². The molecule has 1 saturated heterocycles. The molecule has 0 saturated carbocycles. The number of Topliss-reactive ketones (excluding diaryl/α,β-unsaturated/α-hetero) is 1. The quantitative estimate of drug-likeness (QED) is 0.655. The predicted molar refractivity (Wildman–Crippen MR) is 42.9 cm³/mol. The molecule has 1 atom stereocenters. The largest absolute Gasteiger partial charge is 0.480 e. The van der Waals surface area contributed by atoms with Crippen molar-refractivity contribution in [2.75, 3.05) is 13.1 Å². The Morgan fingerprint density at radius 2 is 2.25 bits per heavy atom. The van der Waals surface area contributed by atoms with Gasteiger partial charge in [0.05, 0.1) is 6.54 Å². The Hall–Kier alpha value is -0.900. The molecule has 0 aromatic rings. The summed E-state index contributed by atoms with van der Waals surface area (Å²) in [4.78, 5) is 23.1. The van der Waals surface area contributed by atoms with Crippen LogP contribution in [0.25, 0.3) is 0 Å². The van der Waals surface area contributed by atoms with E-state index in [2.05, 4.69) is 0 Å². The number of rotatable bonds is 3. The van der Waals surface area contributed by atoms with E-state index in [1.807, 2.05) is 0 Å². The van der Waals surface area contributed by atoms with E-state index in [9.17, 15) is 9.59 Å². The average Bonchev–Trinajstić information content (AvgIpc) is 2.33. The first-order valence-electron chi connectivity index (χ1n) is 4.07. The molecule has 0 aromatic heterocycles. The predicted octanol–water partition coefficient (Wildman–Crippen LogP) is 0.124. The zero-order valence-corrected chi connectivity index (χ0v) is 7.12. The van der Waals surface area contributed by atoms with E-state index in [4.69, 9.17) is 5.11 Å². The van der Waals surface area contributed by atoms with E-state index in [-0.39, 0.29) is 12.3 Å². The zero-order chi connectivity index (χ0) is 9.14. The first kappa shape index (κ1) is 9.19. The molecule has 4 heteroatoms. The molecule has 68 valence electrons. The molecule has 0 aromatic carbocycles. The summed E-state index contributed by atoms with van der Waals surface area (Å²) in [6.45, 7) is 2.49. The van der Waals surface area contributed by atoms with Crippen molar-refractivity contribution >= 4 is 11.8 Å². The van der Waals surface area contributed by atoms with Crippen molar-refractivity contribution in [3.8, 4) is 0 Å². The number of aliphatic carboxylic acids is 1. The van der Waals surface area contributed by atoms with Crippen LogP contribution in [0.3, 0.4) is 0 Å². The van der Waals surface area contributed by atoms with Crippen LogP contribution in [-0.4, -0.2) is 40.9 Å². The SMILES string of the molecule is CC(=O)CN1CCCC1C(=O)O. The number of ketones is 1. The van der Waals surface area contributed by atoms with Gasteiger partial charge in [0.15, 0.2) is 0 Å². The van der Waals surface area contributed by atoms with Gasteiger partial charge in [0.25, 0.3) is 0 Å². The Kier molecular flexibility index (Phi) is 2.81. The number of hydrogen-bond acceptors (Lipinski definition) is 3. The summed E-state index contributed by atoms with van der Waals surface area (Å²) in [5, 5.41) is 8.74. The molecule has 1 aliphatic rings. The van der Waals surface area contributed by atoms with Crippen molar-refractivity contribution < 1.29 is 14.7 Å². The summed E-state index contributed by atoms with van der Waals surface area (Å²) in [5.41, 5.74) is 0. The van der Waals surface area contributed by atoms with E-state index < -0.39 is 12.0 Å². The number of nitrogens with zero attached hydrogens (tertiary/aromatic N) is 1. The molecule has 0 amide bonds. The third-order valence-corrected chi connectivity index (χ3v) is 2.07. The van der Waals surface area contributed by atoms with Gasteiger partial charge in [0.1, 0.15) is 11.8 Å². The maximum atomic E-state index is 10.7. The van der Waals surface area contributed by atoms with Gasteiger partial charge in [-0.15, -0.1) is 0 Å². The Bertz CT molecular complexity index is 202. The van der Waals surface area contributed by atoms with E-state index in [0.29, 0.717) is 6.42 Å². The maximum Gasteiger partial charge on any atom is 0.320 e. The summed E-state index contributed by atoms with van der Waals surface area (Å²) >= 11 is 0. The van der Waals surface area contributed by atoms with Crippen LogP contribution >= 0.6 is 0 Å². The summed E-state index contributed by atoms with van der Waals surface area (Å²) in [7, 11) is 0. The molecular weight excluding hydrogens is 158 g/mol. The standard InChI is InChI=1S/C8H13NO3/c1-6(10)5-9-4-2-3-7(9)8(11)12/h7H,2-5H2,1H3,(H,11,12). The molecule has 1 fully saturated rings. The minimum Gasteiger partial charge on any atom is -0.480 e. The van der Waals surface area contributed by atoms with Crippen molar-refractivity contribution in [1.82, 2.24) is 4.90 Å². The van der Waals surface area contributed by atoms with Crippen molar-refractivity contribution in [1.29, 1.82) is 0 Å². The van der Waals surface area contributed by atoms with Crippen molar-refractivity contribution in [3.05, 3.63) is 0 Å². The first-order chi connectivity index (χ1) is 5.61. The monoisotopic (exact) mass is 171 g/mol. The Morgan fingerprint density at radius 1 is 1.58 bits per heavy atom. The van der Waals surface area contributed by atoms with E-state index in [0.717, 1.165) is 13.0 Å². The minimum absolute atomic E-state index is 0.0307. The maximum absolute atomic E-state index is 10.7. The lowest BCUT2D eigenvalue weighted by Gasteiger charge is -2.18. The van der Waals surface area contributed by atoms with Crippen molar-refractivity contribution in [3.63, 3.8) is 0 Å². The van der Waals surface area contributed by atoms with E-state index >= 15 is 0 Å². The van der Waals surface area contributed by atoms with Crippen LogP contribution in [0.5, 0.6) is 0 Å². The highest BCUT2D eigenvalue weighted by molar-refractivity contribution is 5.79. The van der Waals surface area contributed by atoms with Gasteiger partial charge in [-0.05, 0) is 26.3 Å². The van der Waals surface area contributed by atoms with Crippen LogP contribution in [0.1, 0.15) is 19.8 Å². The van der Waals surface area contributed by atoms with Gasteiger partial charge in [-0.2, -0.15) is 0 Å². The van der Waals surface area contributed by atoms with Crippen LogP contribution in [0.2, 0.25) is 0 Å². The lowest BCUT2D eigenvalue weighted by Crippen LogP contribution is -2.38. The summed E-state index contributed by atoms with van der Waals surface area (Å²) < 4.78 is 0. The third-order valence-electron chi connectivity index (χ3n) is 2.07. The molecule has 4 nitrogen and oxygen atoms in total. The highest BCUT2D eigenvalue weighted by Gasteiger charge is 2.30. The van der Waals surface area contributed by atoms with Crippen molar-refractivity contribution in [2.24, 2.45) is 0 Å². The van der Waals surface area contributed by atoms with Gasteiger partial charge < -0.3 is 5.11 Å². The lowest BCUT2D eigenvalue weighted by molar-refractivity contribution is -0.142. The second-order valence-electron chi connectivity index (χ2n) is 3.17. The number of carboxylic acids is 1. The summed E-state index contributed by atoms with van der Waals surface area (Å²) in [6.07, 6.45) is 1.55. The molecule has 1 rings (SSSR count). The van der Waals surface area contributed by atoms with Gasteiger partial charge >= 0.3 is 5.97 Å². The normalized spacial score (nSPS) is 24.2.